The zero-order chi connectivity index (χ0) is 41.8. The highest BCUT2D eigenvalue weighted by Crippen LogP contribution is 2.51. The van der Waals surface area contributed by atoms with E-state index in [1.807, 2.05) is 115 Å². The summed E-state index contributed by atoms with van der Waals surface area (Å²) in [5, 5.41) is 5.71. The first-order valence-electron chi connectivity index (χ1n) is 21.5. The van der Waals surface area contributed by atoms with Gasteiger partial charge in [0.15, 0.2) is 0 Å². The Balaban J connectivity index is 1.25. The number of hydrogen-bond acceptors (Lipinski definition) is 1. The number of nitrogens with zero attached hydrogens (tertiary/aromatic N) is 1. The predicted molar refractivity (Wildman–Crippen MR) is 222 cm³/mol. The maximum absolute atomic E-state index is 9.88. The van der Waals surface area contributed by atoms with E-state index in [0.717, 1.165) is 54.6 Å². The Labute approximate surface area is 316 Å². The van der Waals surface area contributed by atoms with Crippen molar-refractivity contribution in [3.05, 3.63) is 199 Å². The van der Waals surface area contributed by atoms with Crippen molar-refractivity contribution < 1.29 is 11.0 Å². The van der Waals surface area contributed by atoms with Gasteiger partial charge in [-0.1, -0.05) is 159 Å². The largest absolute Gasteiger partial charge is 0.310 e. The number of rotatable bonds is 5. The fourth-order valence-electron chi connectivity index (χ4n) is 7.96. The molecule has 0 amide bonds. The third-order valence-electron chi connectivity index (χ3n) is 10.6. The van der Waals surface area contributed by atoms with E-state index in [1.54, 1.807) is 6.07 Å². The van der Waals surface area contributed by atoms with E-state index in [1.165, 1.54) is 4.90 Å². The molecule has 52 heavy (non-hydrogen) atoms. The summed E-state index contributed by atoms with van der Waals surface area (Å²) in [5.41, 5.74) is 5.20. The number of hydrogen-bond donors (Lipinski definition) is 0. The van der Waals surface area contributed by atoms with Crippen LogP contribution in [0.2, 0.25) is 0 Å². The van der Waals surface area contributed by atoms with Crippen molar-refractivity contribution in [2.24, 2.45) is 0 Å². The minimum atomic E-state index is -0.457. The molecule has 0 aromatic heterocycles. The van der Waals surface area contributed by atoms with Gasteiger partial charge in [-0.2, -0.15) is 0 Å². The SMILES string of the molecule is [2H]c1c([2H])c(-c2cccc3ccccc23)c([2H])c(N(c2ccc3c(c2)C(C)(C)c2ccccc2-3)c2c([2H])c([2H])c(-c3ccc4c(ccc5ccccc54)c3)c([2H])c2[2H])c1[2H]. The van der Waals surface area contributed by atoms with Gasteiger partial charge in [0.1, 0.15) is 0 Å². The molecule has 1 aliphatic carbocycles. The van der Waals surface area contributed by atoms with Gasteiger partial charge in [-0.25, -0.2) is 0 Å². The third-order valence-corrected chi connectivity index (χ3v) is 10.6. The first-order chi connectivity index (χ1) is 28.9. The fourth-order valence-corrected chi connectivity index (χ4v) is 7.96. The van der Waals surface area contributed by atoms with Gasteiger partial charge in [-0.3, -0.25) is 0 Å². The molecular formula is C51H37N. The van der Waals surface area contributed by atoms with Crippen molar-refractivity contribution >= 4 is 49.4 Å². The van der Waals surface area contributed by atoms with E-state index in [2.05, 4.69) is 32.0 Å². The average Bonchev–Trinajstić information content (AvgIpc) is 3.49. The minimum Gasteiger partial charge on any atom is -0.310 e. The van der Waals surface area contributed by atoms with Gasteiger partial charge in [0.2, 0.25) is 0 Å². The van der Waals surface area contributed by atoms with Crippen LogP contribution in [-0.2, 0) is 5.41 Å². The molecule has 0 atom stereocenters. The molecular weight excluding hydrogens is 627 g/mol. The Kier molecular flexibility index (Phi) is 5.26. The van der Waals surface area contributed by atoms with Crippen LogP contribution in [0.4, 0.5) is 17.1 Å². The molecule has 246 valence electrons. The maximum atomic E-state index is 9.88. The second-order valence-corrected chi connectivity index (χ2v) is 13.9. The molecule has 0 saturated heterocycles. The van der Waals surface area contributed by atoms with Gasteiger partial charge in [0.05, 0.1) is 11.0 Å². The van der Waals surface area contributed by atoms with Crippen molar-refractivity contribution in [2.75, 3.05) is 4.90 Å². The van der Waals surface area contributed by atoms with Crippen LogP contribution in [0.5, 0.6) is 0 Å². The second-order valence-electron chi connectivity index (χ2n) is 13.9. The number of anilines is 3. The van der Waals surface area contributed by atoms with E-state index in [0.29, 0.717) is 16.8 Å². The van der Waals surface area contributed by atoms with Crippen LogP contribution in [0.25, 0.3) is 65.7 Å². The predicted octanol–water partition coefficient (Wildman–Crippen LogP) is 14.3. The van der Waals surface area contributed by atoms with Crippen LogP contribution >= 0.6 is 0 Å². The van der Waals surface area contributed by atoms with Gasteiger partial charge in [-0.05, 0) is 119 Å². The van der Waals surface area contributed by atoms with Gasteiger partial charge >= 0.3 is 0 Å². The number of benzene rings is 9. The second kappa shape index (κ2) is 11.8. The first-order valence-corrected chi connectivity index (χ1v) is 17.5. The highest BCUT2D eigenvalue weighted by Gasteiger charge is 2.35. The highest BCUT2D eigenvalue weighted by atomic mass is 15.1. The van der Waals surface area contributed by atoms with E-state index in [9.17, 15) is 9.60 Å². The monoisotopic (exact) mass is 671 g/mol. The topological polar surface area (TPSA) is 3.24 Å². The van der Waals surface area contributed by atoms with Crippen molar-refractivity contribution in [3.63, 3.8) is 0 Å². The highest BCUT2D eigenvalue weighted by molar-refractivity contribution is 6.08. The van der Waals surface area contributed by atoms with Gasteiger partial charge in [-0.15, -0.1) is 0 Å². The van der Waals surface area contributed by atoms with E-state index in [4.69, 9.17) is 1.37 Å². The number of fused-ring (bicyclic) bond motifs is 7. The van der Waals surface area contributed by atoms with E-state index < -0.39 is 17.5 Å². The molecule has 0 N–H and O–H groups in total. The molecule has 1 aliphatic rings. The lowest BCUT2D eigenvalue weighted by Crippen LogP contribution is -2.16. The zero-order valence-corrected chi connectivity index (χ0v) is 28.7. The van der Waals surface area contributed by atoms with Crippen LogP contribution in [0, 0.1) is 0 Å². The van der Waals surface area contributed by atoms with Crippen LogP contribution in [0.3, 0.4) is 0 Å². The summed E-state index contributed by atoms with van der Waals surface area (Å²) < 4.78 is 76.1. The Morgan fingerprint density at radius 2 is 1.10 bits per heavy atom. The first kappa shape index (κ1) is 23.1. The molecule has 0 aliphatic heterocycles. The van der Waals surface area contributed by atoms with Crippen LogP contribution < -0.4 is 4.90 Å². The molecule has 0 bridgehead atoms. The standard InChI is InChI=1S/C51H37N/c1-51(2)49-20-8-7-18-47(49)48-30-28-42(33-50(48)51)52(41-15-9-14-38(32-41)45-19-10-13-35-11-3-5-16-43(35)45)40-26-23-34(24-27-40)37-25-29-46-39(31-37)22-21-36-12-4-6-17-44(36)46/h3-33H,1-2H3/i9D,14D,15D,23D,24D,26D,27D,32D. The lowest BCUT2D eigenvalue weighted by Gasteiger charge is -2.28. The summed E-state index contributed by atoms with van der Waals surface area (Å²) in [4.78, 5) is 1.45. The molecule has 9 aromatic carbocycles. The van der Waals surface area contributed by atoms with Gasteiger partial charge in [0, 0.05) is 22.5 Å². The Hall–Kier alpha value is -6.44. The van der Waals surface area contributed by atoms with Crippen LogP contribution in [-0.4, -0.2) is 0 Å². The van der Waals surface area contributed by atoms with Crippen LogP contribution in [0.1, 0.15) is 35.9 Å². The molecule has 0 unspecified atom stereocenters. The van der Waals surface area contributed by atoms with E-state index >= 15 is 0 Å². The summed E-state index contributed by atoms with van der Waals surface area (Å²) in [5.74, 6) is 0. The van der Waals surface area contributed by atoms with Gasteiger partial charge < -0.3 is 4.90 Å². The lowest BCUT2D eigenvalue weighted by molar-refractivity contribution is 0.660. The summed E-state index contributed by atoms with van der Waals surface area (Å²) in [7, 11) is 0. The Morgan fingerprint density at radius 1 is 0.423 bits per heavy atom. The average molecular weight is 672 g/mol. The van der Waals surface area contributed by atoms with Gasteiger partial charge in [0.25, 0.3) is 0 Å². The molecule has 0 saturated carbocycles. The molecule has 9 aromatic rings. The Morgan fingerprint density at radius 3 is 1.96 bits per heavy atom. The van der Waals surface area contributed by atoms with E-state index in [-0.39, 0.29) is 58.8 Å². The lowest BCUT2D eigenvalue weighted by atomic mass is 9.82. The molecule has 0 heterocycles. The maximum Gasteiger partial charge on any atom is 0.0651 e. The van der Waals surface area contributed by atoms with Crippen molar-refractivity contribution in [1.29, 1.82) is 0 Å². The van der Waals surface area contributed by atoms with Crippen molar-refractivity contribution in [3.8, 4) is 33.4 Å². The minimum absolute atomic E-state index is 0.113. The van der Waals surface area contributed by atoms with Crippen LogP contribution in [0.15, 0.2) is 188 Å². The fraction of sp³-hybridized carbons (Fsp3) is 0.0588. The summed E-state index contributed by atoms with van der Waals surface area (Å²) in [6.45, 7) is 4.26. The Bertz CT molecular complexity index is 3260. The summed E-state index contributed by atoms with van der Waals surface area (Å²) in [6.07, 6.45) is 0. The zero-order valence-electron chi connectivity index (χ0n) is 36.7. The van der Waals surface area contributed by atoms with Crippen molar-refractivity contribution in [1.82, 2.24) is 0 Å². The third kappa shape index (κ3) is 4.85. The van der Waals surface area contributed by atoms with Crippen molar-refractivity contribution in [2.45, 2.75) is 19.3 Å². The molecule has 1 nitrogen and oxygen atoms in total. The quantitative estimate of drug-likeness (QED) is 0.165. The molecule has 0 radical (unpaired) electrons. The summed E-state index contributed by atoms with van der Waals surface area (Å²) >= 11 is 0. The smallest absolute Gasteiger partial charge is 0.0651 e. The molecule has 0 spiro atoms. The molecule has 10 rings (SSSR count). The molecule has 1 heteroatoms. The molecule has 0 fully saturated rings. The summed E-state index contributed by atoms with van der Waals surface area (Å²) in [6, 6.07) is 42.2. The normalized spacial score (nSPS) is 15.1.